The number of rotatable bonds is 6. The molecule has 0 unspecified atom stereocenters. The Labute approximate surface area is 119 Å². The summed E-state index contributed by atoms with van der Waals surface area (Å²) in [4.78, 5) is 4.44. The quantitative estimate of drug-likeness (QED) is 0.828. The number of benzene rings is 1. The van der Waals surface area contributed by atoms with Crippen molar-refractivity contribution in [1.29, 1.82) is 0 Å². The zero-order valence-corrected chi connectivity index (χ0v) is 12.4. The molecule has 6 heteroatoms. The molecule has 1 aromatic carbocycles. The predicted octanol–water partition coefficient (Wildman–Crippen LogP) is 2.95. The Bertz CT molecular complexity index is 504. The molecule has 0 saturated carbocycles. The fraction of sp³-hybridized carbons (Fsp3) is 0.333. The van der Waals surface area contributed by atoms with Crippen LogP contribution in [0.25, 0.3) is 0 Å². The van der Waals surface area contributed by atoms with E-state index in [0.29, 0.717) is 6.61 Å². The molecule has 18 heavy (non-hydrogen) atoms. The highest BCUT2D eigenvalue weighted by molar-refractivity contribution is 9.10. The van der Waals surface area contributed by atoms with Gasteiger partial charge in [0.25, 0.3) is 0 Å². The number of aromatic nitrogens is 2. The number of ether oxygens (including phenoxy) is 1. The van der Waals surface area contributed by atoms with Crippen LogP contribution in [0, 0.1) is 0 Å². The van der Waals surface area contributed by atoms with E-state index >= 15 is 0 Å². The van der Waals surface area contributed by atoms with Gasteiger partial charge in [-0.3, -0.25) is 0 Å². The second-order valence-electron chi connectivity index (χ2n) is 3.70. The molecule has 2 rings (SSSR count). The van der Waals surface area contributed by atoms with E-state index < -0.39 is 0 Å². The smallest absolute Gasteiger partial charge is 0.202 e. The average molecular weight is 328 g/mol. The SMILES string of the molecule is COCCNc1nc(Cc2ccccc2Br)ns1. The van der Waals surface area contributed by atoms with Gasteiger partial charge < -0.3 is 10.1 Å². The van der Waals surface area contributed by atoms with Crippen molar-refractivity contribution >= 4 is 32.6 Å². The third-order valence-electron chi connectivity index (χ3n) is 2.36. The Kier molecular flexibility index (Phi) is 5.10. The fourth-order valence-corrected chi connectivity index (χ4v) is 2.50. The van der Waals surface area contributed by atoms with Crippen LogP contribution in [0.5, 0.6) is 0 Å². The van der Waals surface area contributed by atoms with E-state index in [0.717, 1.165) is 28.4 Å². The van der Waals surface area contributed by atoms with E-state index in [1.807, 2.05) is 18.2 Å². The van der Waals surface area contributed by atoms with Gasteiger partial charge in [-0.25, -0.2) is 4.98 Å². The Hall–Kier alpha value is -0.980. The molecule has 0 aliphatic carbocycles. The van der Waals surface area contributed by atoms with Crippen molar-refractivity contribution in [3.8, 4) is 0 Å². The zero-order valence-electron chi connectivity index (χ0n) is 10.0. The number of hydrogen-bond acceptors (Lipinski definition) is 5. The number of nitrogens with one attached hydrogen (secondary N) is 1. The number of nitrogens with zero attached hydrogens (tertiary/aromatic N) is 2. The molecule has 0 saturated heterocycles. The Balaban J connectivity index is 1.96. The Morgan fingerprint density at radius 2 is 2.22 bits per heavy atom. The van der Waals surface area contributed by atoms with Gasteiger partial charge in [-0.2, -0.15) is 4.37 Å². The van der Waals surface area contributed by atoms with Gasteiger partial charge >= 0.3 is 0 Å². The van der Waals surface area contributed by atoms with Crippen LogP contribution in [-0.4, -0.2) is 29.6 Å². The minimum Gasteiger partial charge on any atom is -0.383 e. The summed E-state index contributed by atoms with van der Waals surface area (Å²) < 4.78 is 10.4. The molecule has 96 valence electrons. The number of halogens is 1. The van der Waals surface area contributed by atoms with Gasteiger partial charge in [-0.1, -0.05) is 34.1 Å². The molecular weight excluding hydrogens is 314 g/mol. The van der Waals surface area contributed by atoms with Crippen molar-refractivity contribution in [3.63, 3.8) is 0 Å². The third kappa shape index (κ3) is 3.76. The van der Waals surface area contributed by atoms with Crippen LogP contribution in [0.2, 0.25) is 0 Å². The second-order valence-corrected chi connectivity index (χ2v) is 5.31. The summed E-state index contributed by atoms with van der Waals surface area (Å²) in [6.45, 7) is 1.42. The van der Waals surface area contributed by atoms with Gasteiger partial charge in [0, 0.05) is 36.1 Å². The van der Waals surface area contributed by atoms with E-state index in [1.54, 1.807) is 7.11 Å². The molecule has 1 aromatic heterocycles. The van der Waals surface area contributed by atoms with E-state index in [4.69, 9.17) is 4.74 Å². The summed E-state index contributed by atoms with van der Waals surface area (Å²) in [5, 5.41) is 4.02. The number of anilines is 1. The van der Waals surface area contributed by atoms with Crippen LogP contribution in [0.15, 0.2) is 28.7 Å². The lowest BCUT2D eigenvalue weighted by atomic mass is 10.1. The molecule has 0 spiro atoms. The normalized spacial score (nSPS) is 10.6. The molecule has 2 aromatic rings. The van der Waals surface area contributed by atoms with E-state index in [1.165, 1.54) is 17.1 Å². The van der Waals surface area contributed by atoms with E-state index in [9.17, 15) is 0 Å². The maximum absolute atomic E-state index is 4.97. The Morgan fingerprint density at radius 1 is 1.39 bits per heavy atom. The summed E-state index contributed by atoms with van der Waals surface area (Å²) in [5.41, 5.74) is 1.19. The lowest BCUT2D eigenvalue weighted by Crippen LogP contribution is -2.07. The Morgan fingerprint density at radius 3 is 3.00 bits per heavy atom. The first kappa shape index (κ1) is 13.5. The second kappa shape index (κ2) is 6.82. The summed E-state index contributed by atoms with van der Waals surface area (Å²) in [5.74, 6) is 0.840. The molecule has 0 bridgehead atoms. The van der Waals surface area contributed by atoms with Crippen molar-refractivity contribution < 1.29 is 4.74 Å². The topological polar surface area (TPSA) is 47.0 Å². The van der Waals surface area contributed by atoms with Gasteiger partial charge in [0.2, 0.25) is 5.13 Å². The molecule has 0 amide bonds. The van der Waals surface area contributed by atoms with Crippen molar-refractivity contribution in [1.82, 2.24) is 9.36 Å². The molecule has 0 atom stereocenters. The molecule has 1 heterocycles. The molecule has 0 radical (unpaired) electrons. The van der Waals surface area contributed by atoms with E-state index in [2.05, 4.69) is 36.7 Å². The molecule has 1 N–H and O–H groups in total. The first-order chi connectivity index (χ1) is 8.79. The average Bonchev–Trinajstić information content (AvgIpc) is 2.80. The molecule has 4 nitrogen and oxygen atoms in total. The van der Waals surface area contributed by atoms with Gasteiger partial charge in [0.05, 0.1) is 6.61 Å². The largest absolute Gasteiger partial charge is 0.383 e. The fourth-order valence-electron chi connectivity index (χ4n) is 1.47. The summed E-state index contributed by atoms with van der Waals surface area (Å²) in [6.07, 6.45) is 0.740. The first-order valence-corrected chi connectivity index (χ1v) is 7.15. The number of methoxy groups -OCH3 is 1. The maximum Gasteiger partial charge on any atom is 0.202 e. The van der Waals surface area contributed by atoms with Crippen LogP contribution in [-0.2, 0) is 11.2 Å². The summed E-state index contributed by atoms with van der Waals surface area (Å²) in [6, 6.07) is 8.12. The highest BCUT2D eigenvalue weighted by atomic mass is 79.9. The minimum atomic E-state index is 0.666. The van der Waals surface area contributed by atoms with Crippen molar-refractivity contribution in [2.24, 2.45) is 0 Å². The minimum absolute atomic E-state index is 0.666. The van der Waals surface area contributed by atoms with Gasteiger partial charge in [-0.05, 0) is 11.6 Å². The zero-order chi connectivity index (χ0) is 12.8. The highest BCUT2D eigenvalue weighted by Crippen LogP contribution is 2.20. The van der Waals surface area contributed by atoms with Crippen molar-refractivity contribution in [2.75, 3.05) is 25.6 Å². The first-order valence-electron chi connectivity index (χ1n) is 5.58. The maximum atomic E-state index is 4.97. The van der Waals surface area contributed by atoms with Crippen LogP contribution in [0.4, 0.5) is 5.13 Å². The lowest BCUT2D eigenvalue weighted by Gasteiger charge is -2.00. The van der Waals surface area contributed by atoms with Gasteiger partial charge in [0.1, 0.15) is 5.82 Å². The molecule has 0 aliphatic rings. The van der Waals surface area contributed by atoms with Gasteiger partial charge in [0.15, 0.2) is 0 Å². The molecular formula is C12H14BrN3OS. The summed E-state index contributed by atoms with van der Waals surface area (Å²) in [7, 11) is 1.68. The van der Waals surface area contributed by atoms with Crippen LogP contribution >= 0.6 is 27.5 Å². The van der Waals surface area contributed by atoms with E-state index in [-0.39, 0.29) is 0 Å². The van der Waals surface area contributed by atoms with Crippen LogP contribution in [0.3, 0.4) is 0 Å². The monoisotopic (exact) mass is 327 g/mol. The van der Waals surface area contributed by atoms with Crippen molar-refractivity contribution in [3.05, 3.63) is 40.1 Å². The standard InChI is InChI=1S/C12H14BrN3OS/c1-17-7-6-14-12-15-11(16-18-12)8-9-4-2-3-5-10(9)13/h2-5H,6-8H2,1H3,(H,14,15,16). The van der Waals surface area contributed by atoms with Crippen molar-refractivity contribution in [2.45, 2.75) is 6.42 Å². The number of hydrogen-bond donors (Lipinski definition) is 1. The lowest BCUT2D eigenvalue weighted by molar-refractivity contribution is 0.211. The van der Waals surface area contributed by atoms with Crippen LogP contribution in [0.1, 0.15) is 11.4 Å². The van der Waals surface area contributed by atoms with Gasteiger partial charge in [-0.15, -0.1) is 0 Å². The molecule has 0 fully saturated rings. The third-order valence-corrected chi connectivity index (χ3v) is 3.84. The highest BCUT2D eigenvalue weighted by Gasteiger charge is 2.06. The molecule has 0 aliphatic heterocycles. The van der Waals surface area contributed by atoms with Crippen LogP contribution < -0.4 is 5.32 Å². The summed E-state index contributed by atoms with van der Waals surface area (Å²) >= 11 is 4.91. The predicted molar refractivity (Wildman–Crippen MR) is 77.2 cm³/mol.